The number of hydrogen-bond donors (Lipinski definition) is 0. The minimum Gasteiger partial charge on any atom is -0.207 e. The molecule has 0 aliphatic carbocycles. The Morgan fingerprint density at radius 3 is 1.48 bits per heavy atom. The van der Waals surface area contributed by atoms with E-state index in [0.717, 1.165) is 20.9 Å². The van der Waals surface area contributed by atoms with Gasteiger partial charge in [-0.1, -0.05) is 83.9 Å². The molecule has 0 heterocycles. The Morgan fingerprint density at radius 2 is 0.970 bits per heavy atom. The molecule has 0 bridgehead atoms. The molecule has 4 aromatic rings. The van der Waals surface area contributed by atoms with Crippen molar-refractivity contribution in [3.63, 3.8) is 0 Å². The molecular formula is C26H18Cl2N3S2. The quantitative estimate of drug-likeness (QED) is 0.150. The van der Waals surface area contributed by atoms with Gasteiger partial charge in [0.15, 0.2) is 11.7 Å². The predicted molar refractivity (Wildman–Crippen MR) is 143 cm³/mol. The number of halogens is 2. The van der Waals surface area contributed by atoms with E-state index in [0.29, 0.717) is 21.7 Å². The molecule has 0 saturated carbocycles. The van der Waals surface area contributed by atoms with Crippen LogP contribution in [0, 0.1) is 0 Å². The van der Waals surface area contributed by atoms with Crippen molar-refractivity contribution in [2.45, 2.75) is 9.79 Å². The van der Waals surface area contributed by atoms with Crippen LogP contribution in [0.15, 0.2) is 128 Å². The largest absolute Gasteiger partial charge is 0.207 e. The van der Waals surface area contributed by atoms with E-state index in [1.54, 1.807) is 0 Å². The summed E-state index contributed by atoms with van der Waals surface area (Å²) in [6.45, 7) is 0. The first-order chi connectivity index (χ1) is 16.2. The van der Waals surface area contributed by atoms with Gasteiger partial charge >= 0.3 is 0 Å². The van der Waals surface area contributed by atoms with Gasteiger partial charge in [0.05, 0.1) is 0 Å². The van der Waals surface area contributed by atoms with Crippen LogP contribution in [-0.4, -0.2) is 11.7 Å². The summed E-state index contributed by atoms with van der Waals surface area (Å²) in [6.07, 6.45) is 0. The molecule has 0 aliphatic rings. The Labute approximate surface area is 212 Å². The lowest BCUT2D eigenvalue weighted by molar-refractivity contribution is 1.37. The maximum absolute atomic E-state index is 6.01. The van der Waals surface area contributed by atoms with Gasteiger partial charge in [0.1, 0.15) is 0 Å². The van der Waals surface area contributed by atoms with Crippen LogP contribution in [0.1, 0.15) is 11.1 Å². The normalized spacial score (nSPS) is 11.9. The molecule has 0 amide bonds. The molecular weight excluding hydrogens is 489 g/mol. The van der Waals surface area contributed by atoms with Gasteiger partial charge in [0, 0.05) is 54.9 Å². The fraction of sp³-hybridized carbons (Fsp3) is 0. The minimum absolute atomic E-state index is 0.579. The third-order valence-electron chi connectivity index (χ3n) is 4.38. The van der Waals surface area contributed by atoms with E-state index in [1.807, 2.05) is 109 Å². The summed E-state index contributed by atoms with van der Waals surface area (Å²) >= 11 is 14.7. The van der Waals surface area contributed by atoms with Crippen LogP contribution >= 0.6 is 47.1 Å². The van der Waals surface area contributed by atoms with E-state index in [1.165, 1.54) is 23.9 Å². The predicted octanol–water partition coefficient (Wildman–Crippen LogP) is 8.21. The van der Waals surface area contributed by atoms with Gasteiger partial charge in [-0.2, -0.15) is 9.12 Å². The van der Waals surface area contributed by atoms with Crippen molar-refractivity contribution in [2.24, 2.45) is 9.39 Å². The second-order valence-electron chi connectivity index (χ2n) is 6.76. The molecule has 0 aromatic heterocycles. The van der Waals surface area contributed by atoms with Gasteiger partial charge in [-0.15, -0.1) is 0 Å². The van der Waals surface area contributed by atoms with Crippen molar-refractivity contribution in [3.05, 3.63) is 130 Å². The maximum Gasteiger partial charge on any atom is 0.169 e. The molecule has 0 aliphatic heterocycles. The highest BCUT2D eigenvalue weighted by molar-refractivity contribution is 7.98. The molecule has 0 spiro atoms. The van der Waals surface area contributed by atoms with E-state index in [-0.39, 0.29) is 0 Å². The average molecular weight is 507 g/mol. The Kier molecular flexibility index (Phi) is 8.50. The van der Waals surface area contributed by atoms with Gasteiger partial charge < -0.3 is 0 Å². The molecule has 3 nitrogen and oxygen atoms in total. The third-order valence-corrected chi connectivity index (χ3v) is 6.38. The van der Waals surface area contributed by atoms with Gasteiger partial charge in [-0.05, 0) is 48.5 Å². The Balaban J connectivity index is 1.68. The molecule has 163 valence electrons. The van der Waals surface area contributed by atoms with Crippen LogP contribution in [0.3, 0.4) is 0 Å². The number of rotatable bonds is 6. The maximum atomic E-state index is 6.01. The highest BCUT2D eigenvalue weighted by atomic mass is 35.5. The van der Waals surface area contributed by atoms with Crippen molar-refractivity contribution in [3.8, 4) is 0 Å². The highest BCUT2D eigenvalue weighted by Gasteiger charge is 2.11. The zero-order valence-corrected chi connectivity index (χ0v) is 20.5. The van der Waals surface area contributed by atoms with Crippen LogP contribution in [0.25, 0.3) is 0 Å². The number of benzene rings is 4. The van der Waals surface area contributed by atoms with Crippen LogP contribution in [0.4, 0.5) is 0 Å². The molecule has 0 fully saturated rings. The fourth-order valence-corrected chi connectivity index (χ4v) is 4.18. The number of amidine groups is 2. The van der Waals surface area contributed by atoms with Crippen LogP contribution in [0.5, 0.6) is 0 Å². The fourth-order valence-electron chi connectivity index (χ4n) is 2.73. The molecule has 7 heteroatoms. The Morgan fingerprint density at radius 1 is 0.515 bits per heavy atom. The number of nitrogens with zero attached hydrogens (tertiary/aromatic N) is 3. The number of aliphatic imine (C=N–C) groups is 1. The highest BCUT2D eigenvalue weighted by Crippen LogP contribution is 2.24. The molecule has 0 unspecified atom stereocenters. The molecule has 4 rings (SSSR count). The molecule has 0 atom stereocenters. The first kappa shape index (κ1) is 23.5. The molecule has 4 aromatic carbocycles. The Hall–Kier alpha value is -2.70. The van der Waals surface area contributed by atoms with Crippen molar-refractivity contribution >= 4 is 58.8 Å². The van der Waals surface area contributed by atoms with Crippen molar-refractivity contribution < 1.29 is 0 Å². The van der Waals surface area contributed by atoms with E-state index in [9.17, 15) is 0 Å². The van der Waals surface area contributed by atoms with Crippen molar-refractivity contribution in [2.75, 3.05) is 0 Å². The summed E-state index contributed by atoms with van der Waals surface area (Å²) in [5, 5.41) is 1.38. The van der Waals surface area contributed by atoms with Gasteiger partial charge in [-0.25, -0.2) is 4.99 Å². The van der Waals surface area contributed by atoms with Crippen LogP contribution < -0.4 is 4.72 Å². The van der Waals surface area contributed by atoms with E-state index < -0.39 is 0 Å². The lowest BCUT2D eigenvalue weighted by Crippen LogP contribution is -2.14. The van der Waals surface area contributed by atoms with Crippen LogP contribution in [-0.2, 0) is 0 Å². The molecule has 1 radical (unpaired) electrons. The topological polar surface area (TPSA) is 38.8 Å². The minimum atomic E-state index is 0.579. The summed E-state index contributed by atoms with van der Waals surface area (Å²) < 4.78 is 9.48. The average Bonchev–Trinajstić information content (AvgIpc) is 2.87. The SMILES string of the molecule is Clc1ccc(S[N]C(=N/C(=N/Sc2ccc(Cl)cc2)c2ccccc2)c2ccccc2)cc1. The lowest BCUT2D eigenvalue weighted by atomic mass is 10.2. The monoisotopic (exact) mass is 506 g/mol. The summed E-state index contributed by atoms with van der Waals surface area (Å²) in [5.74, 6) is 1.16. The first-order valence-corrected chi connectivity index (χ1v) is 12.3. The summed E-state index contributed by atoms with van der Waals surface area (Å²) in [7, 11) is 0. The van der Waals surface area contributed by atoms with Crippen LogP contribution in [0.2, 0.25) is 10.0 Å². The zero-order valence-electron chi connectivity index (χ0n) is 17.3. The summed E-state index contributed by atoms with van der Waals surface area (Å²) in [4.78, 5) is 6.83. The van der Waals surface area contributed by atoms with E-state index in [4.69, 9.17) is 37.3 Å². The second-order valence-corrected chi connectivity index (χ2v) is 9.31. The smallest absolute Gasteiger partial charge is 0.169 e. The number of hydrogen-bond acceptors (Lipinski definition) is 3. The van der Waals surface area contributed by atoms with E-state index in [2.05, 4.69) is 0 Å². The zero-order chi connectivity index (χ0) is 22.9. The van der Waals surface area contributed by atoms with Crippen molar-refractivity contribution in [1.82, 2.24) is 4.72 Å². The second kappa shape index (κ2) is 12.0. The first-order valence-electron chi connectivity index (χ1n) is 10.0. The summed E-state index contributed by atoms with van der Waals surface area (Å²) in [6, 6.07) is 34.9. The molecule has 33 heavy (non-hydrogen) atoms. The van der Waals surface area contributed by atoms with Gasteiger partial charge in [-0.3, -0.25) is 0 Å². The lowest BCUT2D eigenvalue weighted by Gasteiger charge is -2.09. The summed E-state index contributed by atoms with van der Waals surface area (Å²) in [5.41, 5.74) is 1.80. The van der Waals surface area contributed by atoms with Gasteiger partial charge in [0.2, 0.25) is 0 Å². The standard InChI is InChI=1S/C26H18Cl2N3S2/c27-21-11-15-23(16-12-21)32-30-25(19-7-3-1-4-8-19)29-26(20-9-5-2-6-10-20)31-33-24-17-13-22(28)14-18-24/h1-18H/b29-25?,31-26+. The van der Waals surface area contributed by atoms with E-state index >= 15 is 0 Å². The van der Waals surface area contributed by atoms with Gasteiger partial charge in [0.25, 0.3) is 0 Å². The molecule has 0 N–H and O–H groups in total. The third kappa shape index (κ3) is 7.14. The van der Waals surface area contributed by atoms with Crippen molar-refractivity contribution in [1.29, 1.82) is 0 Å². The molecule has 0 saturated heterocycles. The Bertz CT molecular complexity index is 1230.